The average Bonchev–Trinajstić information content (AvgIpc) is 2.81. The number of nitrogens with one attached hydrogen (secondary N) is 1. The zero-order valence-corrected chi connectivity index (χ0v) is 12.6. The minimum atomic E-state index is -0.0137. The molecule has 0 radical (unpaired) electrons. The Morgan fingerprint density at radius 2 is 1.90 bits per heavy atom. The molecule has 1 N–H and O–H groups in total. The van der Waals surface area contributed by atoms with Gasteiger partial charge in [0.15, 0.2) is 0 Å². The van der Waals surface area contributed by atoms with Gasteiger partial charge in [-0.2, -0.15) is 0 Å². The first-order valence-corrected chi connectivity index (χ1v) is 7.05. The quantitative estimate of drug-likeness (QED) is 0.906. The average molecular weight is 270 g/mol. The van der Waals surface area contributed by atoms with Crippen LogP contribution >= 0.6 is 0 Å². The molecule has 0 saturated carbocycles. The number of aryl methyl sites for hydroxylation is 2. The highest BCUT2D eigenvalue weighted by Crippen LogP contribution is 2.22. The molecule has 0 bridgehead atoms. The normalized spacial score (nSPS) is 12.2. The van der Waals surface area contributed by atoms with E-state index >= 15 is 0 Å². The maximum atomic E-state index is 12.2. The fourth-order valence-electron chi connectivity index (χ4n) is 2.09. The van der Waals surface area contributed by atoms with Gasteiger partial charge in [-0.05, 0) is 31.9 Å². The molecular formula is C17H22N2O. The number of hydrogen-bond acceptors (Lipinski definition) is 1. The summed E-state index contributed by atoms with van der Waals surface area (Å²) in [4.78, 5) is 12.2. The van der Waals surface area contributed by atoms with E-state index in [4.69, 9.17) is 0 Å². The number of amides is 1. The van der Waals surface area contributed by atoms with Gasteiger partial charge in [-0.25, -0.2) is 0 Å². The van der Waals surface area contributed by atoms with Crippen LogP contribution in [0.1, 0.15) is 36.3 Å². The summed E-state index contributed by atoms with van der Waals surface area (Å²) < 4.78 is 1.88. The summed E-state index contributed by atoms with van der Waals surface area (Å²) in [6.45, 7) is 6.15. The van der Waals surface area contributed by atoms with Crippen LogP contribution in [-0.2, 0) is 7.05 Å². The molecule has 3 heteroatoms. The van der Waals surface area contributed by atoms with Crippen LogP contribution in [0.3, 0.4) is 0 Å². The predicted octanol–water partition coefficient (Wildman–Crippen LogP) is 3.53. The van der Waals surface area contributed by atoms with E-state index in [1.807, 2.05) is 30.8 Å². The van der Waals surface area contributed by atoms with Crippen LogP contribution in [0.2, 0.25) is 0 Å². The summed E-state index contributed by atoms with van der Waals surface area (Å²) in [5.41, 5.74) is 4.14. The van der Waals surface area contributed by atoms with Gasteiger partial charge in [-0.1, -0.05) is 36.8 Å². The summed E-state index contributed by atoms with van der Waals surface area (Å²) in [5, 5.41) is 3.00. The zero-order chi connectivity index (χ0) is 14.7. The Morgan fingerprint density at radius 3 is 2.50 bits per heavy atom. The van der Waals surface area contributed by atoms with E-state index < -0.39 is 0 Å². The lowest BCUT2D eigenvalue weighted by molar-refractivity contribution is 0.0931. The standard InChI is InChI=1S/C17H22N2O/c1-5-13(3)18-17(20)16-10-15(11-19(16)4)14-8-6-12(2)7-9-14/h6-11,13H,5H2,1-4H3,(H,18,20). The number of rotatable bonds is 4. The van der Waals surface area contributed by atoms with Gasteiger partial charge in [0, 0.05) is 24.8 Å². The smallest absolute Gasteiger partial charge is 0.268 e. The van der Waals surface area contributed by atoms with Crippen LogP contribution in [-0.4, -0.2) is 16.5 Å². The van der Waals surface area contributed by atoms with E-state index in [2.05, 4.69) is 43.4 Å². The number of benzene rings is 1. The van der Waals surface area contributed by atoms with Crippen LogP contribution in [0.15, 0.2) is 36.5 Å². The SMILES string of the molecule is CCC(C)NC(=O)c1cc(-c2ccc(C)cc2)cn1C. The Kier molecular flexibility index (Phi) is 4.28. The van der Waals surface area contributed by atoms with Gasteiger partial charge in [-0.3, -0.25) is 4.79 Å². The van der Waals surface area contributed by atoms with E-state index in [1.165, 1.54) is 5.56 Å². The van der Waals surface area contributed by atoms with Crippen molar-refractivity contribution in [3.63, 3.8) is 0 Å². The molecule has 1 unspecified atom stereocenters. The second kappa shape index (κ2) is 5.95. The van der Waals surface area contributed by atoms with Gasteiger partial charge in [0.05, 0.1) is 0 Å². The van der Waals surface area contributed by atoms with Gasteiger partial charge in [-0.15, -0.1) is 0 Å². The van der Waals surface area contributed by atoms with E-state index in [0.29, 0.717) is 5.69 Å². The van der Waals surface area contributed by atoms with Crippen molar-refractivity contribution in [1.82, 2.24) is 9.88 Å². The van der Waals surface area contributed by atoms with Crippen molar-refractivity contribution in [2.45, 2.75) is 33.2 Å². The molecule has 20 heavy (non-hydrogen) atoms. The molecule has 0 fully saturated rings. The lowest BCUT2D eigenvalue weighted by Gasteiger charge is -2.11. The molecule has 1 heterocycles. The van der Waals surface area contributed by atoms with E-state index in [-0.39, 0.29) is 11.9 Å². The molecule has 1 amide bonds. The third-order valence-corrected chi connectivity index (χ3v) is 3.61. The molecule has 2 aromatic rings. The molecule has 1 atom stereocenters. The minimum Gasteiger partial charge on any atom is -0.348 e. The molecule has 0 saturated heterocycles. The molecule has 0 spiro atoms. The third-order valence-electron chi connectivity index (χ3n) is 3.61. The van der Waals surface area contributed by atoms with Crippen molar-refractivity contribution >= 4 is 5.91 Å². The number of nitrogens with zero attached hydrogens (tertiary/aromatic N) is 1. The highest BCUT2D eigenvalue weighted by Gasteiger charge is 2.14. The van der Waals surface area contributed by atoms with Crippen LogP contribution in [0.4, 0.5) is 0 Å². The number of carbonyl (C=O) groups is 1. The van der Waals surface area contributed by atoms with Crippen molar-refractivity contribution in [2.24, 2.45) is 7.05 Å². The number of hydrogen-bond donors (Lipinski definition) is 1. The van der Waals surface area contributed by atoms with Crippen LogP contribution in [0.25, 0.3) is 11.1 Å². The van der Waals surface area contributed by atoms with Crippen molar-refractivity contribution < 1.29 is 4.79 Å². The molecular weight excluding hydrogens is 248 g/mol. The van der Waals surface area contributed by atoms with E-state index in [9.17, 15) is 4.79 Å². The van der Waals surface area contributed by atoms with Crippen molar-refractivity contribution in [3.8, 4) is 11.1 Å². The van der Waals surface area contributed by atoms with Gasteiger partial charge >= 0.3 is 0 Å². The summed E-state index contributed by atoms with van der Waals surface area (Å²) in [7, 11) is 1.91. The van der Waals surface area contributed by atoms with Gasteiger partial charge in [0.2, 0.25) is 0 Å². The molecule has 0 aliphatic rings. The molecule has 1 aromatic heterocycles. The van der Waals surface area contributed by atoms with Crippen LogP contribution in [0.5, 0.6) is 0 Å². The highest BCUT2D eigenvalue weighted by molar-refractivity contribution is 5.94. The van der Waals surface area contributed by atoms with Crippen molar-refractivity contribution in [3.05, 3.63) is 47.8 Å². The number of carbonyl (C=O) groups excluding carboxylic acids is 1. The Bertz CT molecular complexity index is 596. The molecule has 3 nitrogen and oxygen atoms in total. The molecule has 0 aliphatic carbocycles. The van der Waals surface area contributed by atoms with E-state index in [1.54, 1.807) is 0 Å². The fourth-order valence-corrected chi connectivity index (χ4v) is 2.09. The molecule has 0 aliphatic heterocycles. The Morgan fingerprint density at radius 1 is 1.25 bits per heavy atom. The number of aromatic nitrogens is 1. The first-order valence-electron chi connectivity index (χ1n) is 7.05. The molecule has 2 rings (SSSR count). The maximum Gasteiger partial charge on any atom is 0.268 e. The monoisotopic (exact) mass is 270 g/mol. The molecule has 1 aromatic carbocycles. The summed E-state index contributed by atoms with van der Waals surface area (Å²) in [6, 6.07) is 10.5. The Hall–Kier alpha value is -2.03. The third kappa shape index (κ3) is 3.10. The maximum absolute atomic E-state index is 12.2. The lowest BCUT2D eigenvalue weighted by Crippen LogP contribution is -2.33. The first kappa shape index (κ1) is 14.4. The summed E-state index contributed by atoms with van der Waals surface area (Å²) in [5.74, 6) is -0.0137. The topological polar surface area (TPSA) is 34.0 Å². The minimum absolute atomic E-state index is 0.0137. The van der Waals surface area contributed by atoms with Gasteiger partial charge in [0.25, 0.3) is 5.91 Å². The second-order valence-electron chi connectivity index (χ2n) is 5.37. The Balaban J connectivity index is 2.25. The van der Waals surface area contributed by atoms with Crippen LogP contribution < -0.4 is 5.32 Å². The zero-order valence-electron chi connectivity index (χ0n) is 12.6. The summed E-state index contributed by atoms with van der Waals surface area (Å²) >= 11 is 0. The fraction of sp³-hybridized carbons (Fsp3) is 0.353. The van der Waals surface area contributed by atoms with E-state index in [0.717, 1.165) is 17.5 Å². The highest BCUT2D eigenvalue weighted by atomic mass is 16.2. The van der Waals surface area contributed by atoms with Gasteiger partial charge < -0.3 is 9.88 Å². The first-order chi connectivity index (χ1) is 9.51. The second-order valence-corrected chi connectivity index (χ2v) is 5.37. The van der Waals surface area contributed by atoms with Crippen molar-refractivity contribution in [2.75, 3.05) is 0 Å². The summed E-state index contributed by atoms with van der Waals surface area (Å²) in [6.07, 6.45) is 2.93. The van der Waals surface area contributed by atoms with Crippen LogP contribution in [0, 0.1) is 6.92 Å². The predicted molar refractivity (Wildman–Crippen MR) is 82.8 cm³/mol. The van der Waals surface area contributed by atoms with Gasteiger partial charge in [0.1, 0.15) is 5.69 Å². The Labute approximate surface area is 120 Å². The largest absolute Gasteiger partial charge is 0.348 e. The van der Waals surface area contributed by atoms with Crippen molar-refractivity contribution in [1.29, 1.82) is 0 Å². The molecule has 106 valence electrons. The lowest BCUT2D eigenvalue weighted by atomic mass is 10.1.